The average Bonchev–Trinajstić information content (AvgIpc) is 3.12. The van der Waals surface area contributed by atoms with Crippen LogP contribution in [-0.4, -0.2) is 12.5 Å². The van der Waals surface area contributed by atoms with Crippen molar-refractivity contribution in [2.75, 3.05) is 6.54 Å². The minimum absolute atomic E-state index is 0.244. The largest absolute Gasteiger partial charge is 0.485 e. The van der Waals surface area contributed by atoms with E-state index in [2.05, 4.69) is 11.4 Å². The van der Waals surface area contributed by atoms with Gasteiger partial charge in [0.25, 0.3) is 5.91 Å². The lowest BCUT2D eigenvalue weighted by molar-refractivity contribution is 0.0922. The molecule has 2 aromatic carbocycles. The van der Waals surface area contributed by atoms with E-state index in [1.807, 2.05) is 26.0 Å². The second-order valence-electron chi connectivity index (χ2n) is 6.46. The van der Waals surface area contributed by atoms with E-state index in [9.17, 15) is 9.18 Å². The van der Waals surface area contributed by atoms with E-state index in [4.69, 9.17) is 9.15 Å². The van der Waals surface area contributed by atoms with E-state index in [0.29, 0.717) is 18.7 Å². The Balaban J connectivity index is 1.49. The number of ether oxygens (including phenoxy) is 1. The van der Waals surface area contributed by atoms with Gasteiger partial charge in [-0.1, -0.05) is 29.8 Å². The molecule has 0 aliphatic heterocycles. The summed E-state index contributed by atoms with van der Waals surface area (Å²) >= 11 is 0. The molecule has 0 radical (unpaired) electrons. The van der Waals surface area contributed by atoms with Crippen LogP contribution in [0.2, 0.25) is 0 Å². The molecule has 0 fully saturated rings. The standard InChI is InChI=1S/C22H22FNO3/c1-15-3-9-20(16(2)13-15)26-14-19-8-10-21(27-19)22(25)24-12-11-17-4-6-18(23)7-5-17/h3-10,13H,11-12,14H2,1-2H3,(H,24,25). The van der Waals surface area contributed by atoms with Crippen molar-refractivity contribution in [1.29, 1.82) is 0 Å². The summed E-state index contributed by atoms with van der Waals surface area (Å²) in [7, 11) is 0. The van der Waals surface area contributed by atoms with Gasteiger partial charge in [0, 0.05) is 6.54 Å². The van der Waals surface area contributed by atoms with Crippen LogP contribution in [0.3, 0.4) is 0 Å². The van der Waals surface area contributed by atoms with Crippen molar-refractivity contribution >= 4 is 5.91 Å². The molecular weight excluding hydrogens is 345 g/mol. The Labute approximate surface area is 158 Å². The van der Waals surface area contributed by atoms with Crippen molar-refractivity contribution < 1.29 is 18.3 Å². The van der Waals surface area contributed by atoms with Crippen LogP contribution in [0, 0.1) is 19.7 Å². The van der Waals surface area contributed by atoms with Crippen LogP contribution in [0.1, 0.15) is 33.0 Å². The number of amides is 1. The normalized spacial score (nSPS) is 10.6. The zero-order valence-electron chi connectivity index (χ0n) is 15.4. The molecule has 5 heteroatoms. The fourth-order valence-corrected chi connectivity index (χ4v) is 2.75. The molecule has 0 saturated carbocycles. The predicted octanol–water partition coefficient (Wildman–Crippen LogP) is 4.59. The van der Waals surface area contributed by atoms with Gasteiger partial charge in [-0.25, -0.2) is 4.39 Å². The quantitative estimate of drug-likeness (QED) is 0.665. The Morgan fingerprint density at radius 1 is 1.07 bits per heavy atom. The van der Waals surface area contributed by atoms with Crippen molar-refractivity contribution in [3.63, 3.8) is 0 Å². The van der Waals surface area contributed by atoms with Crippen molar-refractivity contribution in [2.24, 2.45) is 0 Å². The smallest absolute Gasteiger partial charge is 0.287 e. The van der Waals surface area contributed by atoms with Gasteiger partial charge in [-0.05, 0) is 61.7 Å². The predicted molar refractivity (Wildman–Crippen MR) is 101 cm³/mol. The summed E-state index contributed by atoms with van der Waals surface area (Å²) < 4.78 is 24.2. The van der Waals surface area contributed by atoms with Gasteiger partial charge in [0.2, 0.25) is 0 Å². The number of aryl methyl sites for hydroxylation is 2. The van der Waals surface area contributed by atoms with Gasteiger partial charge in [0.15, 0.2) is 5.76 Å². The molecule has 0 bridgehead atoms. The first-order valence-electron chi connectivity index (χ1n) is 8.82. The Morgan fingerprint density at radius 3 is 2.59 bits per heavy atom. The molecule has 1 heterocycles. The maximum Gasteiger partial charge on any atom is 0.287 e. The molecule has 0 aliphatic rings. The number of carbonyl (C=O) groups excluding carboxylic acids is 1. The molecule has 0 unspecified atom stereocenters. The van der Waals surface area contributed by atoms with Crippen molar-refractivity contribution in [2.45, 2.75) is 26.9 Å². The number of benzene rings is 2. The van der Waals surface area contributed by atoms with E-state index < -0.39 is 0 Å². The van der Waals surface area contributed by atoms with Crippen LogP contribution in [0.4, 0.5) is 4.39 Å². The van der Waals surface area contributed by atoms with Crippen LogP contribution >= 0.6 is 0 Å². The molecule has 1 amide bonds. The van der Waals surface area contributed by atoms with E-state index >= 15 is 0 Å². The summed E-state index contributed by atoms with van der Waals surface area (Å²) in [6, 6.07) is 15.6. The SMILES string of the molecule is Cc1ccc(OCc2ccc(C(=O)NCCc3ccc(F)cc3)o2)c(C)c1. The Hall–Kier alpha value is -3.08. The van der Waals surface area contributed by atoms with Crippen LogP contribution in [0.25, 0.3) is 0 Å². The van der Waals surface area contributed by atoms with Crippen LogP contribution < -0.4 is 10.1 Å². The summed E-state index contributed by atoms with van der Waals surface area (Å²) in [5.41, 5.74) is 3.19. The minimum Gasteiger partial charge on any atom is -0.485 e. The third kappa shape index (κ3) is 5.20. The number of halogens is 1. The van der Waals surface area contributed by atoms with Gasteiger partial charge in [-0.15, -0.1) is 0 Å². The Morgan fingerprint density at radius 2 is 1.85 bits per heavy atom. The lowest BCUT2D eigenvalue weighted by atomic mass is 10.1. The zero-order valence-corrected chi connectivity index (χ0v) is 15.4. The van der Waals surface area contributed by atoms with Gasteiger partial charge in [-0.2, -0.15) is 0 Å². The van der Waals surface area contributed by atoms with Crippen molar-refractivity contribution in [3.8, 4) is 5.75 Å². The number of carbonyl (C=O) groups is 1. The summed E-state index contributed by atoms with van der Waals surface area (Å²) in [4.78, 5) is 12.2. The Bertz CT molecular complexity index is 916. The number of nitrogens with one attached hydrogen (secondary N) is 1. The van der Waals surface area contributed by atoms with Crippen molar-refractivity contribution in [1.82, 2.24) is 5.32 Å². The second-order valence-corrected chi connectivity index (χ2v) is 6.46. The summed E-state index contributed by atoms with van der Waals surface area (Å²) in [5.74, 6) is 1.07. The van der Waals surface area contributed by atoms with E-state index in [1.54, 1.807) is 24.3 Å². The van der Waals surface area contributed by atoms with Gasteiger partial charge < -0.3 is 14.5 Å². The number of hydrogen-bond acceptors (Lipinski definition) is 3. The van der Waals surface area contributed by atoms with E-state index in [0.717, 1.165) is 16.9 Å². The highest BCUT2D eigenvalue weighted by atomic mass is 19.1. The van der Waals surface area contributed by atoms with Crippen LogP contribution in [0.15, 0.2) is 59.0 Å². The second kappa shape index (κ2) is 8.54. The lowest BCUT2D eigenvalue weighted by Gasteiger charge is -2.08. The molecule has 1 N–H and O–H groups in total. The number of rotatable bonds is 7. The molecule has 0 spiro atoms. The van der Waals surface area contributed by atoms with Gasteiger partial charge in [-0.3, -0.25) is 4.79 Å². The lowest BCUT2D eigenvalue weighted by Crippen LogP contribution is -2.25. The molecule has 3 aromatic rings. The summed E-state index contributed by atoms with van der Waals surface area (Å²) in [6.07, 6.45) is 0.620. The third-order valence-electron chi connectivity index (χ3n) is 4.20. The molecule has 0 saturated heterocycles. The van der Waals surface area contributed by atoms with E-state index in [1.165, 1.54) is 17.7 Å². The highest BCUT2D eigenvalue weighted by Crippen LogP contribution is 2.20. The molecule has 0 aliphatic carbocycles. The Kier molecular flexibility index (Phi) is 5.91. The first-order valence-corrected chi connectivity index (χ1v) is 8.82. The molecule has 27 heavy (non-hydrogen) atoms. The topological polar surface area (TPSA) is 51.5 Å². The van der Waals surface area contributed by atoms with Crippen LogP contribution in [-0.2, 0) is 13.0 Å². The van der Waals surface area contributed by atoms with E-state index in [-0.39, 0.29) is 24.1 Å². The molecular formula is C22H22FNO3. The molecule has 3 rings (SSSR count). The van der Waals surface area contributed by atoms with Gasteiger partial charge in [0.05, 0.1) is 0 Å². The van der Waals surface area contributed by atoms with Gasteiger partial charge in [0.1, 0.15) is 23.9 Å². The molecule has 0 atom stereocenters. The molecule has 4 nitrogen and oxygen atoms in total. The maximum absolute atomic E-state index is 12.9. The average molecular weight is 367 g/mol. The highest BCUT2D eigenvalue weighted by molar-refractivity contribution is 5.91. The van der Waals surface area contributed by atoms with Crippen molar-refractivity contribution in [3.05, 3.63) is 88.6 Å². The zero-order chi connectivity index (χ0) is 19.2. The summed E-state index contributed by atoms with van der Waals surface area (Å²) in [6.45, 7) is 4.72. The monoisotopic (exact) mass is 367 g/mol. The molecule has 140 valence electrons. The highest BCUT2D eigenvalue weighted by Gasteiger charge is 2.11. The first kappa shape index (κ1) is 18.7. The third-order valence-corrected chi connectivity index (χ3v) is 4.20. The van der Waals surface area contributed by atoms with Gasteiger partial charge >= 0.3 is 0 Å². The maximum atomic E-state index is 12.9. The number of furan rings is 1. The fourth-order valence-electron chi connectivity index (χ4n) is 2.75. The summed E-state index contributed by atoms with van der Waals surface area (Å²) in [5, 5.41) is 2.80. The molecule has 1 aromatic heterocycles. The minimum atomic E-state index is -0.283. The first-order chi connectivity index (χ1) is 13.0. The fraction of sp³-hybridized carbons (Fsp3) is 0.227. The number of hydrogen-bond donors (Lipinski definition) is 1. The van der Waals surface area contributed by atoms with Crippen LogP contribution in [0.5, 0.6) is 5.75 Å².